The number of hydrogen-bond donors (Lipinski definition) is 2. The molecule has 0 unspecified atom stereocenters. The number of hydrogen-bond acceptors (Lipinski definition) is 4. The number of aromatic carboxylic acids is 1. The van der Waals surface area contributed by atoms with Gasteiger partial charge in [0.2, 0.25) is 10.0 Å². The van der Waals surface area contributed by atoms with Crippen molar-refractivity contribution >= 4 is 37.6 Å². The van der Waals surface area contributed by atoms with Crippen LogP contribution in [0.2, 0.25) is 0 Å². The van der Waals surface area contributed by atoms with Gasteiger partial charge in [0.1, 0.15) is 4.60 Å². The van der Waals surface area contributed by atoms with Crippen molar-refractivity contribution in [2.45, 2.75) is 0 Å². The Morgan fingerprint density at radius 1 is 1.53 bits per heavy atom. The lowest BCUT2D eigenvalue weighted by Gasteiger charge is -2.06. The first-order valence-electron chi connectivity index (χ1n) is 3.67. The van der Waals surface area contributed by atoms with Crippen LogP contribution in [0.3, 0.4) is 0 Å². The standard InChI is InChI=1S/C7H7BrN2O4S/c1-15(13,14)10-4-2-3-5(8)9-6(4)7(11)12/h2-3,10H,1H3,(H,11,12). The normalized spacial score (nSPS) is 11.1. The molecule has 1 heterocycles. The average molecular weight is 295 g/mol. The van der Waals surface area contributed by atoms with Gasteiger partial charge < -0.3 is 5.11 Å². The minimum Gasteiger partial charge on any atom is -0.476 e. The molecule has 1 aromatic heterocycles. The highest BCUT2D eigenvalue weighted by Gasteiger charge is 2.15. The van der Waals surface area contributed by atoms with Gasteiger partial charge in [-0.1, -0.05) is 0 Å². The lowest BCUT2D eigenvalue weighted by molar-refractivity contribution is 0.0691. The highest BCUT2D eigenvalue weighted by atomic mass is 79.9. The second-order valence-corrected chi connectivity index (χ2v) is 5.27. The number of nitrogens with one attached hydrogen (secondary N) is 1. The van der Waals surface area contributed by atoms with E-state index in [2.05, 4.69) is 25.6 Å². The molecule has 0 saturated heterocycles. The third kappa shape index (κ3) is 3.48. The van der Waals surface area contributed by atoms with Crippen molar-refractivity contribution in [1.82, 2.24) is 4.98 Å². The SMILES string of the molecule is CS(=O)(=O)Nc1ccc(Br)nc1C(=O)O. The summed E-state index contributed by atoms with van der Waals surface area (Å²) in [6, 6.07) is 2.77. The quantitative estimate of drug-likeness (QED) is 0.808. The van der Waals surface area contributed by atoms with Gasteiger partial charge in [0.05, 0.1) is 11.9 Å². The van der Waals surface area contributed by atoms with Crippen LogP contribution in [0.25, 0.3) is 0 Å². The lowest BCUT2D eigenvalue weighted by Crippen LogP contribution is -2.14. The van der Waals surface area contributed by atoms with Crippen molar-refractivity contribution < 1.29 is 18.3 Å². The third-order valence-corrected chi connectivity index (χ3v) is 2.39. The number of carboxylic acids is 1. The molecule has 0 spiro atoms. The zero-order valence-corrected chi connectivity index (χ0v) is 9.96. The first-order chi connectivity index (χ1) is 6.79. The Labute approximate surface area is 94.5 Å². The van der Waals surface area contributed by atoms with Gasteiger partial charge in [0.15, 0.2) is 5.69 Å². The predicted octanol–water partition coefficient (Wildman–Crippen LogP) is 0.914. The van der Waals surface area contributed by atoms with Crippen molar-refractivity contribution in [3.63, 3.8) is 0 Å². The summed E-state index contributed by atoms with van der Waals surface area (Å²) in [6.45, 7) is 0. The Kier molecular flexibility index (Phi) is 3.30. The van der Waals surface area contributed by atoms with Crippen LogP contribution >= 0.6 is 15.9 Å². The Hall–Kier alpha value is -1.15. The van der Waals surface area contributed by atoms with E-state index in [1.54, 1.807) is 0 Å². The van der Waals surface area contributed by atoms with E-state index < -0.39 is 16.0 Å². The fourth-order valence-corrected chi connectivity index (χ4v) is 1.75. The van der Waals surface area contributed by atoms with Crippen molar-refractivity contribution in [3.8, 4) is 0 Å². The fraction of sp³-hybridized carbons (Fsp3) is 0.143. The molecule has 1 rings (SSSR count). The molecular weight excluding hydrogens is 288 g/mol. The van der Waals surface area contributed by atoms with Crippen LogP contribution in [0.15, 0.2) is 16.7 Å². The van der Waals surface area contributed by atoms with Crippen LogP contribution in [-0.4, -0.2) is 30.7 Å². The maximum atomic E-state index is 10.9. The van der Waals surface area contributed by atoms with Crippen LogP contribution in [-0.2, 0) is 10.0 Å². The largest absolute Gasteiger partial charge is 0.476 e. The number of carbonyl (C=O) groups is 1. The number of aromatic nitrogens is 1. The molecule has 0 fully saturated rings. The van der Waals surface area contributed by atoms with Crippen LogP contribution in [0.4, 0.5) is 5.69 Å². The zero-order chi connectivity index (χ0) is 11.6. The van der Waals surface area contributed by atoms with Gasteiger partial charge in [-0.05, 0) is 28.1 Å². The van der Waals surface area contributed by atoms with E-state index in [1.807, 2.05) is 0 Å². The number of sulfonamides is 1. The summed E-state index contributed by atoms with van der Waals surface area (Å²) in [5.74, 6) is -1.30. The molecule has 0 saturated carbocycles. The van der Waals surface area contributed by atoms with Crippen molar-refractivity contribution in [2.75, 3.05) is 11.0 Å². The van der Waals surface area contributed by atoms with Crippen molar-refractivity contribution in [1.29, 1.82) is 0 Å². The molecule has 0 aliphatic heterocycles. The minimum atomic E-state index is -3.51. The summed E-state index contributed by atoms with van der Waals surface area (Å²) in [4.78, 5) is 14.4. The second-order valence-electron chi connectivity index (χ2n) is 2.71. The van der Waals surface area contributed by atoms with Gasteiger partial charge in [-0.15, -0.1) is 0 Å². The number of rotatable bonds is 3. The van der Waals surface area contributed by atoms with Crippen molar-refractivity contribution in [3.05, 3.63) is 22.4 Å². The molecule has 2 N–H and O–H groups in total. The van der Waals surface area contributed by atoms with Gasteiger partial charge >= 0.3 is 5.97 Å². The summed E-state index contributed by atoms with van der Waals surface area (Å²) in [7, 11) is -3.51. The Morgan fingerprint density at radius 2 is 2.13 bits per heavy atom. The number of anilines is 1. The molecule has 0 bridgehead atoms. The molecule has 6 nitrogen and oxygen atoms in total. The lowest BCUT2D eigenvalue weighted by atomic mass is 10.3. The summed E-state index contributed by atoms with van der Waals surface area (Å²) in [5, 5.41) is 8.77. The number of carboxylic acid groups (broad SMARTS) is 1. The van der Waals surface area contributed by atoms with Crippen LogP contribution in [0.1, 0.15) is 10.5 Å². The fourth-order valence-electron chi connectivity index (χ4n) is 0.880. The van der Waals surface area contributed by atoms with Gasteiger partial charge in [0, 0.05) is 0 Å². The number of nitrogens with zero attached hydrogens (tertiary/aromatic N) is 1. The van der Waals surface area contributed by atoms with Crippen molar-refractivity contribution in [2.24, 2.45) is 0 Å². The topological polar surface area (TPSA) is 96.4 Å². The first-order valence-corrected chi connectivity index (χ1v) is 6.35. The molecule has 0 aliphatic carbocycles. The number of pyridine rings is 1. The minimum absolute atomic E-state index is 0.0619. The van der Waals surface area contributed by atoms with Gasteiger partial charge in [-0.25, -0.2) is 18.2 Å². The van der Waals surface area contributed by atoms with E-state index >= 15 is 0 Å². The van der Waals surface area contributed by atoms with Crippen LogP contribution < -0.4 is 4.72 Å². The molecular formula is C7H7BrN2O4S. The highest BCUT2D eigenvalue weighted by Crippen LogP contribution is 2.18. The van der Waals surface area contributed by atoms with E-state index in [0.717, 1.165) is 6.26 Å². The van der Waals surface area contributed by atoms with Gasteiger partial charge in [0.25, 0.3) is 0 Å². The van der Waals surface area contributed by atoms with Crippen LogP contribution in [0, 0.1) is 0 Å². The molecule has 0 aliphatic rings. The van der Waals surface area contributed by atoms with E-state index in [4.69, 9.17) is 5.11 Å². The van der Waals surface area contributed by atoms with Crippen LogP contribution in [0.5, 0.6) is 0 Å². The summed E-state index contributed by atoms with van der Waals surface area (Å²) in [6.07, 6.45) is 0.931. The monoisotopic (exact) mass is 294 g/mol. The molecule has 0 radical (unpaired) electrons. The molecule has 8 heteroatoms. The van der Waals surface area contributed by atoms with E-state index in [9.17, 15) is 13.2 Å². The van der Waals surface area contributed by atoms with Gasteiger partial charge in [-0.3, -0.25) is 4.72 Å². The Bertz CT molecular complexity index is 500. The third-order valence-electron chi connectivity index (χ3n) is 1.36. The number of halogens is 1. The summed E-state index contributed by atoms with van der Waals surface area (Å²) < 4.78 is 24.2. The molecule has 82 valence electrons. The maximum Gasteiger partial charge on any atom is 0.356 e. The average Bonchev–Trinajstić information content (AvgIpc) is 2.05. The summed E-state index contributed by atoms with van der Waals surface area (Å²) in [5.41, 5.74) is -0.414. The van der Waals surface area contributed by atoms with E-state index in [0.29, 0.717) is 4.60 Å². The molecule has 0 amide bonds. The smallest absolute Gasteiger partial charge is 0.356 e. The Morgan fingerprint density at radius 3 is 2.60 bits per heavy atom. The highest BCUT2D eigenvalue weighted by molar-refractivity contribution is 9.10. The molecule has 1 aromatic rings. The Balaban J connectivity index is 3.24. The predicted molar refractivity (Wildman–Crippen MR) is 57.4 cm³/mol. The summed E-state index contributed by atoms with van der Waals surface area (Å²) >= 11 is 2.99. The molecule has 15 heavy (non-hydrogen) atoms. The zero-order valence-electron chi connectivity index (χ0n) is 7.56. The second kappa shape index (κ2) is 4.15. The first kappa shape index (κ1) is 11.9. The van der Waals surface area contributed by atoms with E-state index in [1.165, 1.54) is 12.1 Å². The maximum absolute atomic E-state index is 10.9. The van der Waals surface area contributed by atoms with Gasteiger partial charge in [-0.2, -0.15) is 0 Å². The molecule has 0 aromatic carbocycles. The molecule has 0 atom stereocenters. The van der Waals surface area contributed by atoms with E-state index in [-0.39, 0.29) is 11.4 Å².